The van der Waals surface area contributed by atoms with Crippen LogP contribution in [-0.4, -0.2) is 24.2 Å². The van der Waals surface area contributed by atoms with E-state index in [1.54, 1.807) is 18.9 Å². The fourth-order valence-electron chi connectivity index (χ4n) is 1.89. The molecular formula is C14H15NO2. The van der Waals surface area contributed by atoms with Gasteiger partial charge < -0.3 is 10.0 Å². The van der Waals surface area contributed by atoms with Crippen LogP contribution in [0, 0.1) is 0 Å². The van der Waals surface area contributed by atoms with Gasteiger partial charge in [-0.15, -0.1) is 0 Å². The number of hydrogen-bond acceptors (Lipinski definition) is 2. The number of carbonyl (C=O) groups is 1. The van der Waals surface area contributed by atoms with Crippen molar-refractivity contribution in [3.8, 4) is 0 Å². The predicted molar refractivity (Wildman–Crippen MR) is 69.4 cm³/mol. The minimum atomic E-state index is -0.819. The molecule has 1 N–H and O–H groups in total. The van der Waals surface area contributed by atoms with Crippen LogP contribution < -0.4 is 4.90 Å². The van der Waals surface area contributed by atoms with Crippen LogP contribution in [0.4, 0.5) is 5.69 Å². The summed E-state index contributed by atoms with van der Waals surface area (Å²) in [6.45, 7) is 1.68. The Balaban J connectivity index is 2.52. The van der Waals surface area contributed by atoms with Gasteiger partial charge in [0, 0.05) is 18.1 Å². The second kappa shape index (κ2) is 4.45. The number of benzene rings is 2. The highest BCUT2D eigenvalue weighted by Gasteiger charge is 2.18. The Morgan fingerprint density at radius 1 is 1.18 bits per heavy atom. The maximum absolute atomic E-state index is 11.0. The van der Waals surface area contributed by atoms with E-state index in [1.165, 1.54) is 0 Å². The predicted octanol–water partition coefficient (Wildman–Crippen LogP) is 2.75. The summed E-state index contributed by atoms with van der Waals surface area (Å²) in [5, 5.41) is 11.2. The zero-order chi connectivity index (χ0) is 12.4. The molecule has 0 aliphatic rings. The lowest BCUT2D eigenvalue weighted by Gasteiger charge is -2.25. The average Bonchev–Trinajstić information content (AvgIpc) is 2.36. The fraction of sp³-hybridized carbons (Fsp3) is 0.214. The molecule has 3 nitrogen and oxygen atoms in total. The molecule has 1 atom stereocenters. The molecule has 0 heterocycles. The summed E-state index contributed by atoms with van der Waals surface area (Å²) in [5.41, 5.74) is 0.943. The van der Waals surface area contributed by atoms with Crippen molar-refractivity contribution in [2.75, 3.05) is 11.9 Å². The molecule has 0 aliphatic heterocycles. The van der Waals surface area contributed by atoms with E-state index in [0.717, 1.165) is 16.5 Å². The maximum atomic E-state index is 11.0. The molecule has 0 fully saturated rings. The van der Waals surface area contributed by atoms with Gasteiger partial charge in [-0.3, -0.25) is 0 Å². The molecule has 88 valence electrons. The summed E-state index contributed by atoms with van der Waals surface area (Å²) in [7, 11) is 1.81. The first kappa shape index (κ1) is 11.5. The van der Waals surface area contributed by atoms with Gasteiger partial charge in [0.2, 0.25) is 0 Å². The molecule has 0 unspecified atom stereocenters. The fourth-order valence-corrected chi connectivity index (χ4v) is 1.89. The lowest BCUT2D eigenvalue weighted by Crippen LogP contribution is -2.35. The van der Waals surface area contributed by atoms with Crippen molar-refractivity contribution in [2.24, 2.45) is 0 Å². The van der Waals surface area contributed by atoms with Crippen molar-refractivity contribution < 1.29 is 9.90 Å². The first-order chi connectivity index (χ1) is 8.11. The van der Waals surface area contributed by atoms with Crippen LogP contribution in [0.2, 0.25) is 0 Å². The van der Waals surface area contributed by atoms with E-state index in [0.29, 0.717) is 0 Å². The lowest BCUT2D eigenvalue weighted by molar-refractivity contribution is -0.138. The van der Waals surface area contributed by atoms with Gasteiger partial charge in [-0.05, 0) is 18.4 Å². The Morgan fingerprint density at radius 2 is 1.82 bits per heavy atom. The number of rotatable bonds is 3. The Morgan fingerprint density at radius 3 is 2.53 bits per heavy atom. The highest BCUT2D eigenvalue weighted by molar-refractivity contribution is 5.95. The number of fused-ring (bicyclic) bond motifs is 1. The smallest absolute Gasteiger partial charge is 0.326 e. The minimum absolute atomic E-state index is 0.541. The minimum Gasteiger partial charge on any atom is -0.480 e. The van der Waals surface area contributed by atoms with Crippen molar-refractivity contribution in [1.82, 2.24) is 0 Å². The lowest BCUT2D eigenvalue weighted by atomic mass is 10.1. The van der Waals surface area contributed by atoms with Crippen molar-refractivity contribution in [3.05, 3.63) is 42.5 Å². The van der Waals surface area contributed by atoms with E-state index in [-0.39, 0.29) is 0 Å². The topological polar surface area (TPSA) is 40.5 Å². The number of likely N-dealkylation sites (N-methyl/N-ethyl adjacent to an activating group) is 1. The molecule has 0 amide bonds. The molecule has 0 aromatic heterocycles. The van der Waals surface area contributed by atoms with Crippen molar-refractivity contribution in [1.29, 1.82) is 0 Å². The van der Waals surface area contributed by atoms with Crippen molar-refractivity contribution in [3.63, 3.8) is 0 Å². The Labute approximate surface area is 100 Å². The number of nitrogens with zero attached hydrogens (tertiary/aromatic N) is 1. The van der Waals surface area contributed by atoms with Gasteiger partial charge in [0.05, 0.1) is 0 Å². The molecule has 0 saturated carbocycles. The summed E-state index contributed by atoms with van der Waals surface area (Å²) in [4.78, 5) is 12.8. The van der Waals surface area contributed by atoms with Crippen LogP contribution in [0.15, 0.2) is 42.5 Å². The van der Waals surface area contributed by atoms with Gasteiger partial charge in [-0.1, -0.05) is 36.4 Å². The third-order valence-corrected chi connectivity index (χ3v) is 3.08. The molecule has 0 bridgehead atoms. The quantitative estimate of drug-likeness (QED) is 0.879. The first-order valence-electron chi connectivity index (χ1n) is 5.54. The van der Waals surface area contributed by atoms with Gasteiger partial charge in [0.1, 0.15) is 6.04 Å². The van der Waals surface area contributed by atoms with E-state index in [9.17, 15) is 4.79 Å². The molecule has 2 aromatic rings. The van der Waals surface area contributed by atoms with Crippen LogP contribution in [0.3, 0.4) is 0 Å². The monoisotopic (exact) mass is 229 g/mol. The SMILES string of the molecule is C[C@H](C(=O)O)N(C)c1cccc2ccccc12. The third kappa shape index (κ3) is 2.09. The van der Waals surface area contributed by atoms with E-state index in [4.69, 9.17) is 5.11 Å². The molecule has 17 heavy (non-hydrogen) atoms. The number of hydrogen-bond donors (Lipinski definition) is 1. The summed E-state index contributed by atoms with van der Waals surface area (Å²) in [6, 6.07) is 13.4. The van der Waals surface area contributed by atoms with Crippen LogP contribution in [0.5, 0.6) is 0 Å². The summed E-state index contributed by atoms with van der Waals surface area (Å²) in [6.07, 6.45) is 0. The number of aliphatic carboxylic acids is 1. The van der Waals surface area contributed by atoms with Crippen molar-refractivity contribution in [2.45, 2.75) is 13.0 Å². The van der Waals surface area contributed by atoms with Crippen LogP contribution in [0.1, 0.15) is 6.92 Å². The average molecular weight is 229 g/mol. The van der Waals surface area contributed by atoms with E-state index in [1.807, 2.05) is 42.5 Å². The standard InChI is InChI=1S/C14H15NO2/c1-10(14(16)17)15(2)13-9-5-7-11-6-3-4-8-12(11)13/h3-10H,1-2H3,(H,16,17)/t10-/m1/s1. The van der Waals surface area contributed by atoms with E-state index in [2.05, 4.69) is 0 Å². The molecule has 2 rings (SSSR count). The van der Waals surface area contributed by atoms with Crippen molar-refractivity contribution >= 4 is 22.4 Å². The molecule has 0 spiro atoms. The molecule has 0 aliphatic carbocycles. The van der Waals surface area contributed by atoms with Gasteiger partial charge in [0.25, 0.3) is 0 Å². The summed E-state index contributed by atoms with van der Waals surface area (Å²) < 4.78 is 0. The Bertz CT molecular complexity index is 545. The summed E-state index contributed by atoms with van der Waals surface area (Å²) in [5.74, 6) is -0.819. The number of anilines is 1. The van der Waals surface area contributed by atoms with Gasteiger partial charge in [0.15, 0.2) is 0 Å². The molecule has 3 heteroatoms. The Kier molecular flexibility index (Phi) is 3.00. The van der Waals surface area contributed by atoms with Crippen LogP contribution in [0.25, 0.3) is 10.8 Å². The Hall–Kier alpha value is -2.03. The highest BCUT2D eigenvalue weighted by Crippen LogP contribution is 2.26. The summed E-state index contributed by atoms with van der Waals surface area (Å²) >= 11 is 0. The second-order valence-electron chi connectivity index (χ2n) is 4.12. The first-order valence-corrected chi connectivity index (χ1v) is 5.54. The number of carboxylic acids is 1. The molecule has 0 radical (unpaired) electrons. The second-order valence-corrected chi connectivity index (χ2v) is 4.12. The highest BCUT2D eigenvalue weighted by atomic mass is 16.4. The molecular weight excluding hydrogens is 214 g/mol. The van der Waals surface area contributed by atoms with E-state index < -0.39 is 12.0 Å². The maximum Gasteiger partial charge on any atom is 0.326 e. The van der Waals surface area contributed by atoms with Gasteiger partial charge in [-0.25, -0.2) is 4.79 Å². The normalized spacial score (nSPS) is 12.4. The van der Waals surface area contributed by atoms with Crippen LogP contribution >= 0.6 is 0 Å². The zero-order valence-electron chi connectivity index (χ0n) is 9.92. The van der Waals surface area contributed by atoms with Gasteiger partial charge >= 0.3 is 5.97 Å². The van der Waals surface area contributed by atoms with Gasteiger partial charge in [-0.2, -0.15) is 0 Å². The van der Waals surface area contributed by atoms with Crippen LogP contribution in [-0.2, 0) is 4.79 Å². The largest absolute Gasteiger partial charge is 0.480 e. The number of carboxylic acid groups (broad SMARTS) is 1. The van der Waals surface area contributed by atoms with E-state index >= 15 is 0 Å². The third-order valence-electron chi connectivity index (χ3n) is 3.08. The molecule has 0 saturated heterocycles. The molecule has 2 aromatic carbocycles. The zero-order valence-corrected chi connectivity index (χ0v) is 9.92.